The number of carbonyl (C=O) groups is 2. The van der Waals surface area contributed by atoms with Gasteiger partial charge in [-0.3, -0.25) is 13.9 Å². The summed E-state index contributed by atoms with van der Waals surface area (Å²) in [6, 6.07) is 26.7. The highest BCUT2D eigenvalue weighted by Gasteiger charge is 2.35. The van der Waals surface area contributed by atoms with Gasteiger partial charge in [-0.15, -0.1) is 0 Å². The van der Waals surface area contributed by atoms with E-state index in [2.05, 4.69) is 5.32 Å². The van der Waals surface area contributed by atoms with Crippen LogP contribution in [0.3, 0.4) is 0 Å². The second-order valence-electron chi connectivity index (χ2n) is 11.8. The first-order valence-corrected chi connectivity index (χ1v) is 17.6. The zero-order valence-electron chi connectivity index (χ0n) is 28.9. The van der Waals surface area contributed by atoms with Crippen molar-refractivity contribution in [1.29, 1.82) is 0 Å². The molecule has 4 rings (SSSR count). The summed E-state index contributed by atoms with van der Waals surface area (Å²) in [7, 11) is -1.48. The smallest absolute Gasteiger partial charge is 0.264 e. The first-order chi connectivity index (χ1) is 23.5. The van der Waals surface area contributed by atoms with Gasteiger partial charge in [0, 0.05) is 25.1 Å². The molecule has 260 valence electrons. The van der Waals surface area contributed by atoms with Crippen LogP contribution in [0.1, 0.15) is 37.5 Å². The maximum Gasteiger partial charge on any atom is 0.264 e. The standard InChI is InChI=1S/C38H45N3O7S/c1-7-48-32-19-17-31(18-20-32)41(49(44,45)33-21-22-35(46-5)36(24-33)47-6)26-37(42)40(25-30-16-12-11-13-28(30)4)34(38(43)39-27(2)3)23-29-14-9-8-10-15-29/h8-22,24,27,34H,7,23,25-26H2,1-6H3,(H,39,43). The van der Waals surface area contributed by atoms with E-state index in [1.807, 2.05) is 82.3 Å². The Morgan fingerprint density at radius 1 is 0.837 bits per heavy atom. The number of hydrogen-bond donors (Lipinski definition) is 1. The van der Waals surface area contributed by atoms with E-state index in [4.69, 9.17) is 14.2 Å². The summed E-state index contributed by atoms with van der Waals surface area (Å²) in [6.07, 6.45) is 0.225. The van der Waals surface area contributed by atoms with Gasteiger partial charge >= 0.3 is 0 Å². The molecule has 0 aliphatic carbocycles. The molecule has 1 unspecified atom stereocenters. The quantitative estimate of drug-likeness (QED) is 0.159. The van der Waals surface area contributed by atoms with Crippen molar-refractivity contribution in [2.75, 3.05) is 31.7 Å². The van der Waals surface area contributed by atoms with Gasteiger partial charge in [0.1, 0.15) is 18.3 Å². The molecule has 1 N–H and O–H groups in total. The van der Waals surface area contributed by atoms with Gasteiger partial charge in [0.05, 0.1) is 31.4 Å². The Kier molecular flexibility index (Phi) is 12.7. The van der Waals surface area contributed by atoms with Crippen molar-refractivity contribution in [2.45, 2.75) is 57.6 Å². The van der Waals surface area contributed by atoms with Crippen LogP contribution < -0.4 is 23.8 Å². The van der Waals surface area contributed by atoms with Crippen molar-refractivity contribution in [1.82, 2.24) is 10.2 Å². The van der Waals surface area contributed by atoms with Crippen LogP contribution in [0.25, 0.3) is 0 Å². The Balaban J connectivity index is 1.84. The maximum atomic E-state index is 14.7. The van der Waals surface area contributed by atoms with E-state index in [-0.39, 0.29) is 41.2 Å². The number of rotatable bonds is 16. The maximum absolute atomic E-state index is 14.7. The molecule has 0 saturated carbocycles. The van der Waals surface area contributed by atoms with Crippen LogP contribution in [0.2, 0.25) is 0 Å². The van der Waals surface area contributed by atoms with E-state index < -0.39 is 28.5 Å². The van der Waals surface area contributed by atoms with Gasteiger partial charge in [-0.05, 0) is 80.8 Å². The van der Waals surface area contributed by atoms with Gasteiger partial charge in [0.15, 0.2) is 11.5 Å². The summed E-state index contributed by atoms with van der Waals surface area (Å²) >= 11 is 0. The molecule has 0 aromatic heterocycles. The molecule has 2 amide bonds. The lowest BCUT2D eigenvalue weighted by Gasteiger charge is -2.34. The fraction of sp³-hybridized carbons (Fsp3) is 0.316. The number of methoxy groups -OCH3 is 2. The SMILES string of the molecule is CCOc1ccc(N(CC(=O)N(Cc2ccccc2C)C(Cc2ccccc2)C(=O)NC(C)C)S(=O)(=O)c2ccc(OC)c(OC)c2)cc1. The van der Waals surface area contributed by atoms with Gasteiger partial charge in [0.2, 0.25) is 11.8 Å². The molecule has 0 radical (unpaired) electrons. The number of aryl methyl sites for hydroxylation is 1. The topological polar surface area (TPSA) is 114 Å². The molecule has 0 aliphatic rings. The average Bonchev–Trinajstić information content (AvgIpc) is 3.09. The highest BCUT2D eigenvalue weighted by Crippen LogP contribution is 2.33. The fourth-order valence-electron chi connectivity index (χ4n) is 5.41. The summed E-state index contributed by atoms with van der Waals surface area (Å²) < 4.78 is 46.3. The Labute approximate surface area is 289 Å². The van der Waals surface area contributed by atoms with E-state index in [9.17, 15) is 18.0 Å². The molecule has 0 heterocycles. The van der Waals surface area contributed by atoms with Gasteiger partial charge in [-0.1, -0.05) is 54.6 Å². The zero-order valence-corrected chi connectivity index (χ0v) is 29.7. The van der Waals surface area contributed by atoms with E-state index in [1.165, 1.54) is 37.3 Å². The minimum Gasteiger partial charge on any atom is -0.494 e. The summed E-state index contributed by atoms with van der Waals surface area (Å²) in [6.45, 7) is 7.43. The van der Waals surface area contributed by atoms with Crippen molar-refractivity contribution < 1.29 is 32.2 Å². The van der Waals surface area contributed by atoms with Crippen LogP contribution >= 0.6 is 0 Å². The van der Waals surface area contributed by atoms with Crippen molar-refractivity contribution in [3.05, 3.63) is 114 Å². The molecule has 0 aliphatic heterocycles. The van der Waals surface area contributed by atoms with E-state index >= 15 is 0 Å². The molecule has 4 aromatic carbocycles. The van der Waals surface area contributed by atoms with Crippen LogP contribution in [0, 0.1) is 6.92 Å². The monoisotopic (exact) mass is 687 g/mol. The highest BCUT2D eigenvalue weighted by atomic mass is 32.2. The van der Waals surface area contributed by atoms with E-state index in [1.54, 1.807) is 24.3 Å². The predicted octanol–water partition coefficient (Wildman–Crippen LogP) is 5.77. The number of nitrogens with one attached hydrogen (secondary N) is 1. The Hall–Kier alpha value is -5.03. The molecule has 1 atom stereocenters. The summed E-state index contributed by atoms with van der Waals surface area (Å²) in [5.41, 5.74) is 2.87. The molecule has 0 spiro atoms. The second kappa shape index (κ2) is 16.9. The molecular formula is C38H45N3O7S. The molecule has 0 saturated heterocycles. The Bertz CT molecular complexity index is 1810. The third-order valence-corrected chi connectivity index (χ3v) is 9.73. The van der Waals surface area contributed by atoms with Crippen molar-refractivity contribution >= 4 is 27.5 Å². The Morgan fingerprint density at radius 3 is 2.10 bits per heavy atom. The molecule has 10 nitrogen and oxygen atoms in total. The first-order valence-electron chi connectivity index (χ1n) is 16.1. The van der Waals surface area contributed by atoms with Gasteiger partial charge < -0.3 is 24.4 Å². The molecule has 4 aromatic rings. The van der Waals surface area contributed by atoms with Crippen LogP contribution in [-0.4, -0.2) is 64.6 Å². The second-order valence-corrected chi connectivity index (χ2v) is 13.6. The minimum absolute atomic E-state index is 0.0854. The summed E-state index contributed by atoms with van der Waals surface area (Å²) in [5, 5.41) is 2.98. The number of carbonyl (C=O) groups excluding carboxylic acids is 2. The zero-order chi connectivity index (χ0) is 35.6. The van der Waals surface area contributed by atoms with Crippen LogP contribution in [-0.2, 0) is 32.6 Å². The highest BCUT2D eigenvalue weighted by molar-refractivity contribution is 7.92. The molecular weight excluding hydrogens is 642 g/mol. The van der Waals surface area contributed by atoms with Crippen LogP contribution in [0.15, 0.2) is 102 Å². The lowest BCUT2D eigenvalue weighted by atomic mass is 10.0. The number of nitrogens with zero attached hydrogens (tertiary/aromatic N) is 2. The number of amides is 2. The van der Waals surface area contributed by atoms with Crippen LogP contribution in [0.4, 0.5) is 5.69 Å². The average molecular weight is 688 g/mol. The van der Waals surface area contributed by atoms with E-state index in [0.717, 1.165) is 21.0 Å². The van der Waals surface area contributed by atoms with Crippen molar-refractivity contribution in [3.8, 4) is 17.2 Å². The minimum atomic E-state index is -4.36. The number of sulfonamides is 1. The number of ether oxygens (including phenoxy) is 3. The molecule has 11 heteroatoms. The number of hydrogen-bond acceptors (Lipinski definition) is 7. The lowest BCUT2D eigenvalue weighted by molar-refractivity contribution is -0.140. The summed E-state index contributed by atoms with van der Waals surface area (Å²) in [5.74, 6) is 0.234. The van der Waals surface area contributed by atoms with Crippen molar-refractivity contribution in [3.63, 3.8) is 0 Å². The number of anilines is 1. The van der Waals surface area contributed by atoms with Gasteiger partial charge in [-0.2, -0.15) is 0 Å². The normalized spacial score (nSPS) is 11.8. The van der Waals surface area contributed by atoms with Gasteiger partial charge in [-0.25, -0.2) is 8.42 Å². The third kappa shape index (κ3) is 9.32. The van der Waals surface area contributed by atoms with Crippen LogP contribution in [0.5, 0.6) is 17.2 Å². The summed E-state index contributed by atoms with van der Waals surface area (Å²) in [4.78, 5) is 30.0. The predicted molar refractivity (Wildman–Crippen MR) is 191 cm³/mol. The molecule has 49 heavy (non-hydrogen) atoms. The molecule has 0 fully saturated rings. The van der Waals surface area contributed by atoms with Crippen molar-refractivity contribution in [2.24, 2.45) is 0 Å². The van der Waals surface area contributed by atoms with Gasteiger partial charge in [0.25, 0.3) is 10.0 Å². The lowest BCUT2D eigenvalue weighted by Crippen LogP contribution is -2.54. The third-order valence-electron chi connectivity index (χ3n) is 7.96. The Morgan fingerprint density at radius 2 is 1.49 bits per heavy atom. The molecule has 0 bridgehead atoms. The largest absolute Gasteiger partial charge is 0.494 e. The number of benzene rings is 4. The first kappa shape index (κ1) is 36.8. The fourth-order valence-corrected chi connectivity index (χ4v) is 6.84. The van der Waals surface area contributed by atoms with E-state index in [0.29, 0.717) is 18.1 Å².